The van der Waals surface area contributed by atoms with Crippen molar-refractivity contribution in [2.45, 2.75) is 32.4 Å². The molecule has 0 bridgehead atoms. The van der Waals surface area contributed by atoms with Gasteiger partial charge in [-0.1, -0.05) is 18.2 Å². The Kier molecular flexibility index (Phi) is 4.89. The summed E-state index contributed by atoms with van der Waals surface area (Å²) >= 11 is 0. The second kappa shape index (κ2) is 7.46. The highest BCUT2D eigenvalue weighted by Crippen LogP contribution is 2.25. The number of likely N-dealkylation sites (N-methyl/N-ethyl adjacent to an activating group) is 1. The molecule has 2 aromatic rings. The molecule has 26 heavy (non-hydrogen) atoms. The molecular weight excluding hydrogens is 322 g/mol. The first-order valence-corrected chi connectivity index (χ1v) is 9.50. The lowest BCUT2D eigenvalue weighted by atomic mass is 10.0. The number of fused-ring (bicyclic) bond motifs is 1. The van der Waals surface area contributed by atoms with Crippen molar-refractivity contribution < 1.29 is 0 Å². The summed E-state index contributed by atoms with van der Waals surface area (Å²) in [5.41, 5.74) is 5.77. The molecule has 1 N–H and O–H groups in total. The standard InChI is InChI=1S/C21H27N5/c1-16-15-25(2)11-12-26(16)21-6-4-3-5-19(21)24-14-17-7-8-18-20(13-17)23-10-9-22-18/h5-10,13,16,24H,3-4,11-12,14-15H2,1-2H3/t16-/m1/s1. The molecule has 5 heteroatoms. The molecule has 5 nitrogen and oxygen atoms in total. The van der Waals surface area contributed by atoms with Crippen molar-refractivity contribution in [1.82, 2.24) is 25.1 Å². The summed E-state index contributed by atoms with van der Waals surface area (Å²) < 4.78 is 0. The van der Waals surface area contributed by atoms with Crippen LogP contribution in [0.4, 0.5) is 0 Å². The quantitative estimate of drug-likeness (QED) is 0.919. The highest BCUT2D eigenvalue weighted by atomic mass is 15.3. The van der Waals surface area contributed by atoms with Crippen LogP contribution in [0.25, 0.3) is 11.0 Å². The summed E-state index contributed by atoms with van der Waals surface area (Å²) in [4.78, 5) is 13.7. The molecule has 1 aliphatic carbocycles. The van der Waals surface area contributed by atoms with E-state index >= 15 is 0 Å². The molecule has 1 saturated heterocycles. The predicted molar refractivity (Wildman–Crippen MR) is 105 cm³/mol. The van der Waals surface area contributed by atoms with E-state index in [0.29, 0.717) is 6.04 Å². The van der Waals surface area contributed by atoms with Crippen molar-refractivity contribution in [3.63, 3.8) is 0 Å². The Labute approximate surface area is 155 Å². The topological polar surface area (TPSA) is 44.3 Å². The summed E-state index contributed by atoms with van der Waals surface area (Å²) in [5.74, 6) is 0. The highest BCUT2D eigenvalue weighted by molar-refractivity contribution is 5.74. The molecule has 1 aromatic carbocycles. The van der Waals surface area contributed by atoms with Crippen LogP contribution in [0.5, 0.6) is 0 Å². The van der Waals surface area contributed by atoms with Crippen LogP contribution in [-0.2, 0) is 6.54 Å². The van der Waals surface area contributed by atoms with Gasteiger partial charge in [0.05, 0.1) is 22.4 Å². The summed E-state index contributed by atoms with van der Waals surface area (Å²) in [6, 6.07) is 6.85. The van der Waals surface area contributed by atoms with E-state index in [1.54, 1.807) is 12.4 Å². The van der Waals surface area contributed by atoms with E-state index in [4.69, 9.17) is 0 Å². The lowest BCUT2D eigenvalue weighted by Gasteiger charge is -2.42. The second-order valence-electron chi connectivity index (χ2n) is 7.32. The zero-order valence-electron chi connectivity index (χ0n) is 15.7. The Bertz CT molecular complexity index is 841. The Morgan fingerprint density at radius 1 is 1.08 bits per heavy atom. The summed E-state index contributed by atoms with van der Waals surface area (Å²) in [5, 5.41) is 3.67. The summed E-state index contributed by atoms with van der Waals surface area (Å²) in [6.45, 7) is 6.46. The number of nitrogens with one attached hydrogen (secondary N) is 1. The number of piperazine rings is 1. The van der Waals surface area contributed by atoms with Crippen molar-refractivity contribution >= 4 is 11.0 Å². The molecule has 0 spiro atoms. The molecule has 0 unspecified atom stereocenters. The number of hydrogen-bond acceptors (Lipinski definition) is 5. The van der Waals surface area contributed by atoms with Gasteiger partial charge in [0.2, 0.25) is 0 Å². The normalized spacial score (nSPS) is 21.5. The minimum atomic E-state index is 0.541. The molecule has 1 aliphatic heterocycles. The van der Waals surface area contributed by atoms with Crippen LogP contribution in [-0.4, -0.2) is 52.5 Å². The predicted octanol–water partition coefficient (Wildman–Crippen LogP) is 2.92. The molecule has 0 radical (unpaired) electrons. The highest BCUT2D eigenvalue weighted by Gasteiger charge is 2.25. The van der Waals surface area contributed by atoms with Crippen LogP contribution in [0, 0.1) is 0 Å². The van der Waals surface area contributed by atoms with Gasteiger partial charge in [-0.25, -0.2) is 0 Å². The summed E-state index contributed by atoms with van der Waals surface area (Å²) in [7, 11) is 2.21. The molecule has 1 aromatic heterocycles. The lowest BCUT2D eigenvalue weighted by Crippen LogP contribution is -2.50. The molecular formula is C21H27N5. The fourth-order valence-electron chi connectivity index (χ4n) is 3.91. The van der Waals surface area contributed by atoms with Gasteiger partial charge in [-0.3, -0.25) is 9.97 Å². The van der Waals surface area contributed by atoms with E-state index in [0.717, 1.165) is 50.1 Å². The molecule has 2 heterocycles. The first-order valence-electron chi connectivity index (χ1n) is 9.50. The minimum absolute atomic E-state index is 0.541. The van der Waals surface area contributed by atoms with E-state index in [1.807, 2.05) is 6.07 Å². The Balaban J connectivity index is 1.47. The third kappa shape index (κ3) is 3.58. The third-order valence-corrected chi connectivity index (χ3v) is 5.29. The van der Waals surface area contributed by atoms with E-state index in [2.05, 4.69) is 63.3 Å². The van der Waals surface area contributed by atoms with E-state index < -0.39 is 0 Å². The van der Waals surface area contributed by atoms with E-state index in [-0.39, 0.29) is 0 Å². The fourth-order valence-corrected chi connectivity index (χ4v) is 3.91. The molecule has 1 atom stereocenters. The van der Waals surface area contributed by atoms with Gasteiger partial charge < -0.3 is 15.1 Å². The van der Waals surface area contributed by atoms with E-state index in [9.17, 15) is 0 Å². The third-order valence-electron chi connectivity index (χ3n) is 5.29. The van der Waals surface area contributed by atoms with Gasteiger partial charge >= 0.3 is 0 Å². The smallest absolute Gasteiger partial charge is 0.0890 e. The van der Waals surface area contributed by atoms with Crippen LogP contribution < -0.4 is 5.32 Å². The van der Waals surface area contributed by atoms with Crippen LogP contribution in [0.1, 0.15) is 25.3 Å². The number of hydrogen-bond donors (Lipinski definition) is 1. The molecule has 136 valence electrons. The zero-order chi connectivity index (χ0) is 17.9. The number of benzene rings is 1. The number of aromatic nitrogens is 2. The Morgan fingerprint density at radius 2 is 1.88 bits per heavy atom. The van der Waals surface area contributed by atoms with Crippen molar-refractivity contribution in [2.24, 2.45) is 0 Å². The number of rotatable bonds is 4. The van der Waals surface area contributed by atoms with Crippen LogP contribution in [0.15, 0.2) is 54.1 Å². The largest absolute Gasteiger partial charge is 0.380 e. The van der Waals surface area contributed by atoms with Crippen molar-refractivity contribution in [1.29, 1.82) is 0 Å². The van der Waals surface area contributed by atoms with Gasteiger partial charge in [-0.2, -0.15) is 0 Å². The fraction of sp³-hybridized carbons (Fsp3) is 0.429. The molecule has 1 fully saturated rings. The Hall–Kier alpha value is -2.40. The van der Waals surface area contributed by atoms with Gasteiger partial charge in [-0.05, 0) is 44.5 Å². The molecule has 0 amide bonds. The maximum Gasteiger partial charge on any atom is 0.0890 e. The molecule has 2 aliphatic rings. The van der Waals surface area contributed by atoms with Crippen LogP contribution in [0.2, 0.25) is 0 Å². The zero-order valence-corrected chi connectivity index (χ0v) is 15.7. The average molecular weight is 349 g/mol. The van der Waals surface area contributed by atoms with Crippen LogP contribution in [0.3, 0.4) is 0 Å². The first-order chi connectivity index (χ1) is 12.7. The molecule has 0 saturated carbocycles. The molecule has 4 rings (SSSR count). The SMILES string of the molecule is C[C@@H]1CN(C)CCN1C1=CCCC=C1NCc1ccc2nccnc2c1. The number of nitrogens with zero attached hydrogens (tertiary/aromatic N) is 4. The van der Waals surface area contributed by atoms with Gasteiger partial charge in [0.1, 0.15) is 0 Å². The maximum atomic E-state index is 4.41. The monoisotopic (exact) mass is 349 g/mol. The van der Waals surface area contributed by atoms with Crippen LogP contribution >= 0.6 is 0 Å². The Morgan fingerprint density at radius 3 is 2.73 bits per heavy atom. The maximum absolute atomic E-state index is 4.41. The minimum Gasteiger partial charge on any atom is -0.380 e. The van der Waals surface area contributed by atoms with E-state index in [1.165, 1.54) is 17.0 Å². The average Bonchev–Trinajstić information content (AvgIpc) is 2.67. The van der Waals surface area contributed by atoms with Gasteiger partial charge in [-0.15, -0.1) is 0 Å². The second-order valence-corrected chi connectivity index (χ2v) is 7.32. The summed E-state index contributed by atoms with van der Waals surface area (Å²) in [6.07, 6.45) is 10.5. The van der Waals surface area contributed by atoms with Gasteiger partial charge in [0.15, 0.2) is 0 Å². The van der Waals surface area contributed by atoms with Gasteiger partial charge in [0.25, 0.3) is 0 Å². The van der Waals surface area contributed by atoms with Crippen molar-refractivity contribution in [2.75, 3.05) is 26.7 Å². The van der Waals surface area contributed by atoms with Crippen molar-refractivity contribution in [3.05, 3.63) is 59.7 Å². The first kappa shape index (κ1) is 17.0. The van der Waals surface area contributed by atoms with Crippen molar-refractivity contribution in [3.8, 4) is 0 Å². The number of allylic oxidation sites excluding steroid dienone is 2. The lowest BCUT2D eigenvalue weighted by molar-refractivity contribution is 0.132. The van der Waals surface area contributed by atoms with Gasteiger partial charge in [0, 0.05) is 44.6 Å².